The van der Waals surface area contributed by atoms with E-state index in [2.05, 4.69) is 16.0 Å². The number of aryl methyl sites for hydroxylation is 1. The molecule has 3 aliphatic rings. The van der Waals surface area contributed by atoms with E-state index < -0.39 is 0 Å². The predicted molar refractivity (Wildman–Crippen MR) is 147 cm³/mol. The lowest BCUT2D eigenvalue weighted by Crippen LogP contribution is -2.36. The summed E-state index contributed by atoms with van der Waals surface area (Å²) in [7, 11) is 0. The highest BCUT2D eigenvalue weighted by molar-refractivity contribution is 5.99. The number of rotatable bonds is 3. The summed E-state index contributed by atoms with van der Waals surface area (Å²) in [6.07, 6.45) is 7.19. The van der Waals surface area contributed by atoms with Crippen molar-refractivity contribution in [3.63, 3.8) is 0 Å². The molecule has 7 nitrogen and oxygen atoms in total. The molecule has 2 aromatic carbocycles. The van der Waals surface area contributed by atoms with Crippen LogP contribution in [0.25, 0.3) is 22.1 Å². The van der Waals surface area contributed by atoms with E-state index in [0.717, 1.165) is 48.2 Å². The van der Waals surface area contributed by atoms with Gasteiger partial charge in [0.2, 0.25) is 0 Å². The third kappa shape index (κ3) is 4.10. The van der Waals surface area contributed by atoms with E-state index >= 15 is 0 Å². The zero-order valence-corrected chi connectivity index (χ0v) is 21.8. The van der Waals surface area contributed by atoms with E-state index in [4.69, 9.17) is 4.74 Å². The van der Waals surface area contributed by atoms with Crippen LogP contribution in [-0.2, 0) is 4.74 Å². The van der Waals surface area contributed by atoms with Gasteiger partial charge < -0.3 is 14.6 Å². The molecule has 1 aliphatic carbocycles. The quantitative estimate of drug-likeness (QED) is 0.402. The Kier molecular flexibility index (Phi) is 5.74. The van der Waals surface area contributed by atoms with Gasteiger partial charge in [0.25, 0.3) is 11.5 Å². The average molecular weight is 525 g/mol. The van der Waals surface area contributed by atoms with Gasteiger partial charge in [-0.05, 0) is 79.1 Å². The van der Waals surface area contributed by atoms with Crippen molar-refractivity contribution in [3.8, 4) is 0 Å². The molecule has 0 bridgehead atoms. The van der Waals surface area contributed by atoms with Crippen molar-refractivity contribution in [3.05, 3.63) is 98.5 Å². The summed E-state index contributed by atoms with van der Waals surface area (Å²) in [4.78, 5) is 36.3. The van der Waals surface area contributed by atoms with Crippen LogP contribution in [0.5, 0.6) is 0 Å². The van der Waals surface area contributed by atoms with Crippen LogP contribution in [0.1, 0.15) is 58.9 Å². The minimum absolute atomic E-state index is 0.0409. The third-order valence-corrected chi connectivity index (χ3v) is 8.42. The zero-order valence-electron chi connectivity index (χ0n) is 21.8. The van der Waals surface area contributed by atoms with Crippen molar-refractivity contribution in [1.29, 1.82) is 0 Å². The van der Waals surface area contributed by atoms with Gasteiger partial charge in [-0.3, -0.25) is 14.0 Å². The number of fused-ring (bicyclic) bond motifs is 3. The van der Waals surface area contributed by atoms with Gasteiger partial charge in [-0.2, -0.15) is 0 Å². The minimum Gasteiger partial charge on any atom is -0.381 e. The highest BCUT2D eigenvalue weighted by Gasteiger charge is 2.28. The standard InChI is InChI=1S/C31H29FN4O3/c1-18-12-27-26(34-30(37)28-16-33-29(36(27)28)20-7-10-39-11-8-20)15-25(18)31(38)35-9-6-21-13-22(14-23(21)17-35)19-2-4-24(32)5-3-19/h2-5,12,14-16,20H,6-11,13,17H2,1H3,(H,34,37). The van der Waals surface area contributed by atoms with Crippen LogP contribution in [-0.4, -0.2) is 51.5 Å². The first-order valence-electron chi connectivity index (χ1n) is 13.5. The molecule has 198 valence electrons. The van der Waals surface area contributed by atoms with Gasteiger partial charge in [0, 0.05) is 37.8 Å². The number of benzene rings is 2. The van der Waals surface area contributed by atoms with Gasteiger partial charge in [0.05, 0.1) is 17.2 Å². The van der Waals surface area contributed by atoms with Crippen molar-refractivity contribution in [2.24, 2.45) is 0 Å². The normalized spacial score (nSPS) is 18.2. The number of halogens is 1. The van der Waals surface area contributed by atoms with Gasteiger partial charge >= 0.3 is 0 Å². The molecule has 0 unspecified atom stereocenters. The Hall–Kier alpha value is -4.04. The number of nitrogens with zero attached hydrogens (tertiary/aromatic N) is 3. The Balaban J connectivity index is 1.21. The SMILES string of the molecule is Cc1cc2c(cc1C(=O)N1CCC3=C(C=C(c4ccc(F)cc4)C3)C1)[nH]c(=O)c1cnc(C3CCOCC3)n12. The van der Waals surface area contributed by atoms with Gasteiger partial charge in [0.15, 0.2) is 0 Å². The van der Waals surface area contributed by atoms with Crippen molar-refractivity contribution >= 4 is 28.0 Å². The van der Waals surface area contributed by atoms with Crippen LogP contribution in [0.4, 0.5) is 4.39 Å². The summed E-state index contributed by atoms with van der Waals surface area (Å²) in [5.74, 6) is 0.819. The number of aromatic nitrogens is 3. The number of H-pyrrole nitrogens is 1. The maximum absolute atomic E-state index is 13.8. The Morgan fingerprint density at radius 1 is 1.13 bits per heavy atom. The van der Waals surface area contributed by atoms with E-state index in [-0.39, 0.29) is 23.2 Å². The molecule has 0 spiro atoms. The van der Waals surface area contributed by atoms with E-state index in [0.29, 0.717) is 42.9 Å². The molecule has 0 radical (unpaired) electrons. The molecule has 0 atom stereocenters. The number of allylic oxidation sites excluding steroid dienone is 1. The Morgan fingerprint density at radius 3 is 2.72 bits per heavy atom. The van der Waals surface area contributed by atoms with Crippen molar-refractivity contribution in [2.75, 3.05) is 26.3 Å². The van der Waals surface area contributed by atoms with Crippen LogP contribution in [0.2, 0.25) is 0 Å². The molecule has 1 amide bonds. The largest absolute Gasteiger partial charge is 0.381 e. The second-order valence-electron chi connectivity index (χ2n) is 10.8. The summed E-state index contributed by atoms with van der Waals surface area (Å²) in [6, 6.07) is 10.4. The van der Waals surface area contributed by atoms with Crippen LogP contribution in [0, 0.1) is 12.7 Å². The second-order valence-corrected chi connectivity index (χ2v) is 10.8. The average Bonchev–Trinajstić information content (AvgIpc) is 3.59. The first-order chi connectivity index (χ1) is 19.0. The monoisotopic (exact) mass is 524 g/mol. The molecule has 1 saturated heterocycles. The Labute approximate surface area is 224 Å². The molecule has 39 heavy (non-hydrogen) atoms. The van der Waals surface area contributed by atoms with Gasteiger partial charge in [0.1, 0.15) is 17.2 Å². The Morgan fingerprint density at radius 2 is 1.92 bits per heavy atom. The molecule has 4 aromatic rings. The molecule has 4 heterocycles. The molecular weight excluding hydrogens is 495 g/mol. The lowest BCUT2D eigenvalue weighted by molar-refractivity contribution is 0.0764. The zero-order chi connectivity index (χ0) is 26.7. The van der Waals surface area contributed by atoms with Gasteiger partial charge in [-0.25, -0.2) is 9.37 Å². The second kappa shape index (κ2) is 9.31. The number of aromatic amines is 1. The fourth-order valence-corrected chi connectivity index (χ4v) is 6.28. The molecule has 0 saturated carbocycles. The first-order valence-corrected chi connectivity index (χ1v) is 13.5. The summed E-state index contributed by atoms with van der Waals surface area (Å²) in [5.41, 5.74) is 7.94. The number of amides is 1. The highest BCUT2D eigenvalue weighted by atomic mass is 19.1. The smallest absolute Gasteiger partial charge is 0.274 e. The van der Waals surface area contributed by atoms with E-state index in [9.17, 15) is 14.0 Å². The number of hydrogen-bond acceptors (Lipinski definition) is 4. The first kappa shape index (κ1) is 24.0. The molecule has 2 aromatic heterocycles. The van der Waals surface area contributed by atoms with Crippen LogP contribution in [0.15, 0.2) is 64.6 Å². The minimum atomic E-state index is -0.243. The van der Waals surface area contributed by atoms with Gasteiger partial charge in [-0.1, -0.05) is 23.8 Å². The van der Waals surface area contributed by atoms with Crippen molar-refractivity contribution in [2.45, 2.75) is 38.5 Å². The predicted octanol–water partition coefficient (Wildman–Crippen LogP) is 5.15. The summed E-state index contributed by atoms with van der Waals surface area (Å²) >= 11 is 0. The van der Waals surface area contributed by atoms with Gasteiger partial charge in [-0.15, -0.1) is 0 Å². The number of imidazole rings is 1. The number of hydrogen-bond donors (Lipinski definition) is 1. The fraction of sp³-hybridized carbons (Fsp3) is 0.323. The van der Waals surface area contributed by atoms with Crippen LogP contribution >= 0.6 is 0 Å². The third-order valence-electron chi connectivity index (χ3n) is 8.42. The van der Waals surface area contributed by atoms with E-state index in [1.165, 1.54) is 28.9 Å². The number of nitrogens with one attached hydrogen (secondary N) is 1. The maximum Gasteiger partial charge on any atom is 0.274 e. The van der Waals surface area contributed by atoms with E-state index in [1.807, 2.05) is 40.5 Å². The lowest BCUT2D eigenvalue weighted by Gasteiger charge is -2.29. The number of carbonyl (C=O) groups is 1. The number of carbonyl (C=O) groups excluding carboxylic acids is 1. The van der Waals surface area contributed by atoms with E-state index in [1.54, 1.807) is 6.20 Å². The van der Waals surface area contributed by atoms with Crippen molar-refractivity contribution < 1.29 is 13.9 Å². The number of ether oxygens (including phenoxy) is 1. The van der Waals surface area contributed by atoms with Crippen LogP contribution < -0.4 is 5.56 Å². The Bertz CT molecular complexity index is 1760. The molecule has 2 aliphatic heterocycles. The molecule has 1 fully saturated rings. The molecule has 8 heteroatoms. The summed E-state index contributed by atoms with van der Waals surface area (Å²) in [5, 5.41) is 0. The van der Waals surface area contributed by atoms with Crippen LogP contribution in [0.3, 0.4) is 0 Å². The highest BCUT2D eigenvalue weighted by Crippen LogP contribution is 2.37. The molecule has 7 rings (SSSR count). The summed E-state index contributed by atoms with van der Waals surface area (Å²) < 4.78 is 20.9. The van der Waals surface area contributed by atoms with Crippen molar-refractivity contribution in [1.82, 2.24) is 19.3 Å². The topological polar surface area (TPSA) is 79.7 Å². The summed E-state index contributed by atoms with van der Waals surface area (Å²) in [6.45, 7) is 4.51. The molecular formula is C31H29FN4O3. The lowest BCUT2D eigenvalue weighted by atomic mass is 9.98. The maximum atomic E-state index is 13.8. The fourth-order valence-electron chi connectivity index (χ4n) is 6.28. The molecule has 1 N–H and O–H groups in total.